The van der Waals surface area contributed by atoms with E-state index in [1.54, 1.807) is 4.90 Å². The highest BCUT2D eigenvalue weighted by molar-refractivity contribution is 6.32. The number of likely N-dealkylation sites (tertiary alicyclic amines) is 1. The van der Waals surface area contributed by atoms with Gasteiger partial charge in [0.25, 0.3) is 0 Å². The summed E-state index contributed by atoms with van der Waals surface area (Å²) < 4.78 is 6.42. The SMILES string of the molecule is CCC(CC)CN1CCCC(COc2cc(C)c(Cl)c(C)c2)(CC(=O)N(CCO)Cc2ccccc2)C1. The number of aliphatic hydroxyl groups excluding tert-OH is 1. The molecule has 1 fully saturated rings. The van der Waals surface area contributed by atoms with Gasteiger partial charge in [-0.25, -0.2) is 0 Å². The van der Waals surface area contributed by atoms with Crippen LogP contribution >= 0.6 is 11.6 Å². The van der Waals surface area contributed by atoms with Crippen LogP contribution in [0.2, 0.25) is 5.02 Å². The average molecular weight is 529 g/mol. The summed E-state index contributed by atoms with van der Waals surface area (Å²) in [7, 11) is 0. The van der Waals surface area contributed by atoms with Crippen LogP contribution in [0, 0.1) is 25.2 Å². The van der Waals surface area contributed by atoms with Gasteiger partial charge in [-0.1, -0.05) is 68.6 Å². The number of carbonyl (C=O) groups excluding carboxylic acids is 1. The number of rotatable bonds is 13. The number of benzene rings is 2. The number of halogens is 1. The van der Waals surface area contributed by atoms with E-state index in [1.165, 1.54) is 12.8 Å². The molecule has 37 heavy (non-hydrogen) atoms. The summed E-state index contributed by atoms with van der Waals surface area (Å²) in [5, 5.41) is 10.5. The largest absolute Gasteiger partial charge is 0.493 e. The van der Waals surface area contributed by atoms with Gasteiger partial charge in [0, 0.05) is 43.0 Å². The van der Waals surface area contributed by atoms with Gasteiger partial charge in [-0.2, -0.15) is 0 Å². The third-order valence-electron chi connectivity index (χ3n) is 7.83. The molecular weight excluding hydrogens is 484 g/mol. The number of aryl methyl sites for hydroxylation is 2. The molecule has 1 amide bonds. The zero-order chi connectivity index (χ0) is 26.8. The lowest BCUT2D eigenvalue weighted by Crippen LogP contribution is -2.50. The molecule has 1 N–H and O–H groups in total. The Balaban J connectivity index is 1.82. The van der Waals surface area contributed by atoms with Gasteiger partial charge in [0.2, 0.25) is 5.91 Å². The molecule has 1 saturated heterocycles. The Bertz CT molecular complexity index is 972. The van der Waals surface area contributed by atoms with Gasteiger partial charge >= 0.3 is 0 Å². The van der Waals surface area contributed by atoms with Gasteiger partial charge in [0.15, 0.2) is 0 Å². The monoisotopic (exact) mass is 528 g/mol. The molecule has 6 heteroatoms. The second kappa shape index (κ2) is 14.2. The summed E-state index contributed by atoms with van der Waals surface area (Å²) in [5.41, 5.74) is 2.78. The Morgan fingerprint density at radius 3 is 2.46 bits per heavy atom. The van der Waals surface area contributed by atoms with Gasteiger partial charge in [-0.05, 0) is 68.0 Å². The predicted octanol–water partition coefficient (Wildman–Crippen LogP) is 6.27. The van der Waals surface area contributed by atoms with Crippen molar-refractivity contribution in [2.75, 3.05) is 39.4 Å². The number of carbonyl (C=O) groups is 1. The molecule has 2 aromatic rings. The standard InChI is InChI=1S/C31H45ClN2O3/c1-5-26(6-2)20-33-14-10-13-31(22-33,23-37-28-17-24(3)30(32)25(4)18-28)19-29(36)34(15-16-35)21-27-11-8-7-9-12-27/h7-9,11-12,17-18,26,35H,5-6,10,13-16,19-23H2,1-4H3. The molecule has 204 valence electrons. The molecule has 0 radical (unpaired) electrons. The van der Waals surface area contributed by atoms with Crippen LogP contribution in [-0.4, -0.2) is 60.2 Å². The molecule has 0 aromatic heterocycles. The van der Waals surface area contributed by atoms with E-state index in [1.807, 2.05) is 56.3 Å². The van der Waals surface area contributed by atoms with Crippen LogP contribution in [0.15, 0.2) is 42.5 Å². The van der Waals surface area contributed by atoms with Gasteiger partial charge < -0.3 is 19.6 Å². The average Bonchev–Trinajstić information content (AvgIpc) is 2.89. The minimum Gasteiger partial charge on any atom is -0.493 e. The molecule has 1 aliphatic rings. The summed E-state index contributed by atoms with van der Waals surface area (Å²) in [6.45, 7) is 12.8. The van der Waals surface area contributed by atoms with Crippen LogP contribution < -0.4 is 4.74 Å². The van der Waals surface area contributed by atoms with Gasteiger partial charge in [0.1, 0.15) is 5.75 Å². The highest BCUT2D eigenvalue weighted by Gasteiger charge is 2.40. The van der Waals surface area contributed by atoms with Gasteiger partial charge in [0.05, 0.1) is 13.2 Å². The third kappa shape index (κ3) is 8.46. The first-order valence-corrected chi connectivity index (χ1v) is 14.2. The van der Waals surface area contributed by atoms with E-state index in [2.05, 4.69) is 18.7 Å². The van der Waals surface area contributed by atoms with Crippen LogP contribution in [-0.2, 0) is 11.3 Å². The summed E-state index contributed by atoms with van der Waals surface area (Å²) in [6.07, 6.45) is 4.74. The molecule has 0 saturated carbocycles. The number of ether oxygens (including phenoxy) is 1. The summed E-state index contributed by atoms with van der Waals surface area (Å²) in [4.78, 5) is 18.1. The zero-order valence-electron chi connectivity index (χ0n) is 23.1. The van der Waals surface area contributed by atoms with Crippen molar-refractivity contribution in [2.45, 2.75) is 66.3 Å². The molecule has 0 spiro atoms. The maximum atomic E-state index is 13.7. The van der Waals surface area contributed by atoms with Crippen LogP contribution in [0.4, 0.5) is 0 Å². The number of nitrogens with zero attached hydrogens (tertiary/aromatic N) is 2. The topological polar surface area (TPSA) is 53.0 Å². The van der Waals surface area contributed by atoms with E-state index >= 15 is 0 Å². The molecule has 0 aliphatic carbocycles. The number of hydrogen-bond donors (Lipinski definition) is 1. The molecule has 3 rings (SSSR count). The van der Waals surface area contributed by atoms with Gasteiger partial charge in [-0.3, -0.25) is 4.79 Å². The second-order valence-corrected chi connectivity index (χ2v) is 11.3. The van der Waals surface area contributed by atoms with Crippen molar-refractivity contribution >= 4 is 17.5 Å². The maximum absolute atomic E-state index is 13.7. The minimum absolute atomic E-state index is 0.0494. The Labute approximate surface area is 228 Å². The highest BCUT2D eigenvalue weighted by atomic mass is 35.5. The van der Waals surface area contributed by atoms with Crippen LogP contribution in [0.3, 0.4) is 0 Å². The fourth-order valence-electron chi connectivity index (χ4n) is 5.57. The molecular formula is C31H45ClN2O3. The predicted molar refractivity (Wildman–Crippen MR) is 152 cm³/mol. The van der Waals surface area contributed by atoms with E-state index in [0.29, 0.717) is 32.0 Å². The van der Waals surface area contributed by atoms with Crippen molar-refractivity contribution in [2.24, 2.45) is 11.3 Å². The van der Waals surface area contributed by atoms with Crippen LogP contribution in [0.5, 0.6) is 5.75 Å². The lowest BCUT2D eigenvalue weighted by atomic mass is 9.77. The lowest BCUT2D eigenvalue weighted by Gasteiger charge is -2.44. The number of amides is 1. The van der Waals surface area contributed by atoms with Crippen molar-refractivity contribution in [3.63, 3.8) is 0 Å². The molecule has 1 heterocycles. The van der Waals surface area contributed by atoms with Crippen molar-refractivity contribution < 1.29 is 14.6 Å². The molecule has 1 aliphatic heterocycles. The first-order chi connectivity index (χ1) is 17.8. The number of piperidine rings is 1. The van der Waals surface area contributed by atoms with E-state index in [4.69, 9.17) is 16.3 Å². The van der Waals surface area contributed by atoms with Crippen LogP contribution in [0.1, 0.15) is 62.6 Å². The van der Waals surface area contributed by atoms with Crippen molar-refractivity contribution in [1.29, 1.82) is 0 Å². The smallest absolute Gasteiger partial charge is 0.223 e. The molecule has 5 nitrogen and oxygen atoms in total. The Hall–Kier alpha value is -2.08. The minimum atomic E-state index is -0.285. The molecule has 2 aromatic carbocycles. The first-order valence-electron chi connectivity index (χ1n) is 13.8. The Kier molecular flexibility index (Phi) is 11.3. The normalized spacial score (nSPS) is 18.2. The first kappa shape index (κ1) is 29.5. The van der Waals surface area contributed by atoms with E-state index in [-0.39, 0.29) is 17.9 Å². The lowest BCUT2D eigenvalue weighted by molar-refractivity contribution is -0.137. The molecule has 1 atom stereocenters. The fourth-order valence-corrected chi connectivity index (χ4v) is 5.68. The Morgan fingerprint density at radius 2 is 1.84 bits per heavy atom. The summed E-state index contributed by atoms with van der Waals surface area (Å²) in [6, 6.07) is 14.0. The fraction of sp³-hybridized carbons (Fsp3) is 0.581. The third-order valence-corrected chi connectivity index (χ3v) is 8.43. The molecule has 0 bridgehead atoms. The summed E-state index contributed by atoms with van der Waals surface area (Å²) in [5.74, 6) is 1.55. The maximum Gasteiger partial charge on any atom is 0.223 e. The second-order valence-electron chi connectivity index (χ2n) is 10.9. The Morgan fingerprint density at radius 1 is 1.16 bits per heavy atom. The van der Waals surface area contributed by atoms with E-state index in [0.717, 1.165) is 59.9 Å². The summed E-state index contributed by atoms with van der Waals surface area (Å²) >= 11 is 6.39. The van der Waals surface area contributed by atoms with Gasteiger partial charge in [-0.15, -0.1) is 0 Å². The molecule has 1 unspecified atom stereocenters. The van der Waals surface area contributed by atoms with E-state index in [9.17, 15) is 9.90 Å². The number of hydrogen-bond acceptors (Lipinski definition) is 4. The van der Waals surface area contributed by atoms with Crippen molar-refractivity contribution in [1.82, 2.24) is 9.80 Å². The van der Waals surface area contributed by atoms with E-state index < -0.39 is 0 Å². The van der Waals surface area contributed by atoms with Crippen LogP contribution in [0.25, 0.3) is 0 Å². The van der Waals surface area contributed by atoms with Crippen molar-refractivity contribution in [3.8, 4) is 5.75 Å². The number of aliphatic hydroxyl groups is 1. The zero-order valence-corrected chi connectivity index (χ0v) is 23.9. The quantitative estimate of drug-likeness (QED) is 0.333. The van der Waals surface area contributed by atoms with Crippen molar-refractivity contribution in [3.05, 3.63) is 64.2 Å². The highest BCUT2D eigenvalue weighted by Crippen LogP contribution is 2.37.